The number of H-pyrrole nitrogens is 1. The molecule has 6 N–H and O–H groups in total. The number of nitrogens with zero attached hydrogens (tertiary/aromatic N) is 5. The molecule has 0 saturated heterocycles. The van der Waals surface area contributed by atoms with Gasteiger partial charge in [-0.05, 0) is 19.4 Å². The van der Waals surface area contributed by atoms with E-state index in [0.29, 0.717) is 11.2 Å². The van der Waals surface area contributed by atoms with Crippen molar-refractivity contribution in [3.05, 3.63) is 70.4 Å². The fourth-order valence-corrected chi connectivity index (χ4v) is 3.43. The SMILES string of the molecule is CC(C)(NC(=O)OCc1ccccc1)c1nc(C(=O)NCCn2cnc3c(N)ncnc32)c(O)c(=O)[nH]1. The number of anilines is 1. The summed E-state index contributed by atoms with van der Waals surface area (Å²) in [6.07, 6.45) is 2.06. The number of alkyl carbamates (subject to hydrolysis) is 1. The van der Waals surface area contributed by atoms with E-state index in [9.17, 15) is 19.5 Å². The molecular formula is C23H25N9O5. The van der Waals surface area contributed by atoms with Crippen molar-refractivity contribution in [1.82, 2.24) is 40.1 Å². The van der Waals surface area contributed by atoms with E-state index in [1.807, 2.05) is 18.2 Å². The summed E-state index contributed by atoms with van der Waals surface area (Å²) in [7, 11) is 0. The van der Waals surface area contributed by atoms with E-state index >= 15 is 0 Å². The predicted octanol–water partition coefficient (Wildman–Crippen LogP) is 0.789. The molecule has 0 unspecified atom stereocenters. The maximum absolute atomic E-state index is 12.8. The zero-order valence-corrected chi connectivity index (χ0v) is 20.1. The number of aromatic nitrogens is 6. The van der Waals surface area contributed by atoms with Crippen molar-refractivity contribution in [2.45, 2.75) is 32.5 Å². The van der Waals surface area contributed by atoms with Gasteiger partial charge in [-0.15, -0.1) is 0 Å². The van der Waals surface area contributed by atoms with Crippen molar-refractivity contribution in [3.8, 4) is 5.75 Å². The Morgan fingerprint density at radius 3 is 2.70 bits per heavy atom. The first-order chi connectivity index (χ1) is 17.7. The molecular weight excluding hydrogens is 482 g/mol. The molecule has 0 saturated carbocycles. The molecule has 0 bridgehead atoms. The lowest BCUT2D eigenvalue weighted by atomic mass is 10.0. The molecule has 0 aliphatic carbocycles. The second-order valence-corrected chi connectivity index (χ2v) is 8.55. The number of rotatable bonds is 8. The van der Waals surface area contributed by atoms with Gasteiger partial charge >= 0.3 is 6.09 Å². The van der Waals surface area contributed by atoms with E-state index in [0.717, 1.165) is 5.56 Å². The highest BCUT2D eigenvalue weighted by Gasteiger charge is 2.29. The number of imidazole rings is 1. The van der Waals surface area contributed by atoms with Crippen LogP contribution in [0.3, 0.4) is 0 Å². The first-order valence-electron chi connectivity index (χ1n) is 11.2. The third-order valence-corrected chi connectivity index (χ3v) is 5.40. The molecule has 2 amide bonds. The van der Waals surface area contributed by atoms with Crippen LogP contribution in [0.1, 0.15) is 35.7 Å². The summed E-state index contributed by atoms with van der Waals surface area (Å²) in [5.41, 5.74) is 4.83. The standard InChI is InChI=1S/C23H25N9O5/c1-23(2,31-22(36)37-10-13-6-4-3-5-7-13)21-29-14(16(33)20(35)30-21)19(34)25-8-9-32-12-28-15-17(24)26-11-27-18(15)32/h3-7,11-12,33H,8-10H2,1-2H3,(H,25,34)(H,31,36)(H2,24,26,27)(H,29,30,35). The van der Waals surface area contributed by atoms with Gasteiger partial charge in [-0.2, -0.15) is 0 Å². The summed E-state index contributed by atoms with van der Waals surface area (Å²) in [6.45, 7) is 3.54. The van der Waals surface area contributed by atoms with Crippen LogP contribution in [-0.4, -0.2) is 53.1 Å². The highest BCUT2D eigenvalue weighted by Crippen LogP contribution is 2.18. The van der Waals surface area contributed by atoms with Crippen LogP contribution >= 0.6 is 0 Å². The van der Waals surface area contributed by atoms with Crippen LogP contribution in [0.2, 0.25) is 0 Å². The molecule has 1 aromatic carbocycles. The lowest BCUT2D eigenvalue weighted by molar-refractivity contribution is 0.0943. The normalized spacial score (nSPS) is 11.3. The minimum Gasteiger partial charge on any atom is -0.501 e. The van der Waals surface area contributed by atoms with Crippen molar-refractivity contribution < 1.29 is 19.4 Å². The van der Waals surface area contributed by atoms with Crippen molar-refractivity contribution in [2.75, 3.05) is 12.3 Å². The molecule has 4 aromatic rings. The number of nitrogens with one attached hydrogen (secondary N) is 3. The summed E-state index contributed by atoms with van der Waals surface area (Å²) in [5.74, 6) is -1.45. The Hall–Kier alpha value is -5.01. The molecule has 4 rings (SSSR count). The number of carbonyl (C=O) groups is 2. The third kappa shape index (κ3) is 5.63. The number of benzene rings is 1. The summed E-state index contributed by atoms with van der Waals surface area (Å²) in [5, 5.41) is 15.4. The van der Waals surface area contributed by atoms with E-state index in [1.165, 1.54) is 12.7 Å². The van der Waals surface area contributed by atoms with E-state index in [1.54, 1.807) is 30.5 Å². The van der Waals surface area contributed by atoms with Gasteiger partial charge in [-0.1, -0.05) is 30.3 Å². The molecule has 3 heterocycles. The molecule has 0 aliphatic rings. The van der Waals surface area contributed by atoms with Gasteiger partial charge in [0.15, 0.2) is 17.2 Å². The molecule has 14 heteroatoms. The highest BCUT2D eigenvalue weighted by atomic mass is 16.5. The maximum atomic E-state index is 12.8. The van der Waals surface area contributed by atoms with Gasteiger partial charge in [0.1, 0.15) is 24.3 Å². The zero-order chi connectivity index (χ0) is 26.6. The number of amides is 2. The van der Waals surface area contributed by atoms with Gasteiger partial charge in [-0.25, -0.2) is 24.7 Å². The molecule has 37 heavy (non-hydrogen) atoms. The molecule has 3 aromatic heterocycles. The Morgan fingerprint density at radius 2 is 1.95 bits per heavy atom. The van der Waals surface area contributed by atoms with Gasteiger partial charge in [0.05, 0.1) is 11.9 Å². The third-order valence-electron chi connectivity index (χ3n) is 5.40. The average molecular weight is 508 g/mol. The second kappa shape index (κ2) is 10.3. The fourth-order valence-electron chi connectivity index (χ4n) is 3.43. The fraction of sp³-hybridized carbons (Fsp3) is 0.261. The predicted molar refractivity (Wildman–Crippen MR) is 131 cm³/mol. The van der Waals surface area contributed by atoms with Gasteiger partial charge in [0, 0.05) is 13.1 Å². The van der Waals surface area contributed by atoms with Crippen molar-refractivity contribution in [2.24, 2.45) is 0 Å². The molecule has 0 radical (unpaired) electrons. The zero-order valence-electron chi connectivity index (χ0n) is 20.1. The topological polar surface area (TPSA) is 203 Å². The van der Waals surface area contributed by atoms with Crippen LogP contribution in [0.4, 0.5) is 10.6 Å². The Labute approximate surface area is 209 Å². The van der Waals surface area contributed by atoms with E-state index in [4.69, 9.17) is 10.5 Å². The number of aromatic amines is 1. The highest BCUT2D eigenvalue weighted by molar-refractivity contribution is 5.94. The average Bonchev–Trinajstić information content (AvgIpc) is 3.29. The number of hydrogen-bond donors (Lipinski definition) is 5. The van der Waals surface area contributed by atoms with E-state index < -0.39 is 34.5 Å². The van der Waals surface area contributed by atoms with Gasteiger partial charge < -0.3 is 35.8 Å². The number of carbonyl (C=O) groups excluding carboxylic acids is 2. The first-order valence-corrected chi connectivity index (χ1v) is 11.2. The Kier molecular flexibility index (Phi) is 6.99. The lowest BCUT2D eigenvalue weighted by Crippen LogP contribution is -2.44. The van der Waals surface area contributed by atoms with E-state index in [2.05, 4.69) is 35.6 Å². The van der Waals surface area contributed by atoms with Crippen LogP contribution in [0.5, 0.6) is 5.75 Å². The van der Waals surface area contributed by atoms with Gasteiger partial charge in [-0.3, -0.25) is 9.59 Å². The monoisotopic (exact) mass is 507 g/mol. The Balaban J connectivity index is 1.42. The summed E-state index contributed by atoms with van der Waals surface area (Å²) in [6, 6.07) is 9.10. The molecule has 0 atom stereocenters. The molecule has 0 spiro atoms. The molecule has 0 fully saturated rings. The van der Waals surface area contributed by atoms with Crippen molar-refractivity contribution in [1.29, 1.82) is 0 Å². The number of aromatic hydroxyl groups is 1. The maximum Gasteiger partial charge on any atom is 0.408 e. The minimum atomic E-state index is -1.25. The van der Waals surface area contributed by atoms with Crippen LogP contribution < -0.4 is 21.9 Å². The van der Waals surface area contributed by atoms with Crippen LogP contribution in [0.15, 0.2) is 47.8 Å². The number of nitrogens with two attached hydrogens (primary N) is 1. The minimum absolute atomic E-state index is 0.0424. The summed E-state index contributed by atoms with van der Waals surface area (Å²) in [4.78, 5) is 56.1. The quantitative estimate of drug-likeness (QED) is 0.227. The molecule has 0 aliphatic heterocycles. The van der Waals surface area contributed by atoms with Gasteiger partial charge in [0.2, 0.25) is 5.75 Å². The number of ether oxygens (including phenoxy) is 1. The van der Waals surface area contributed by atoms with Crippen LogP contribution in [0.25, 0.3) is 11.2 Å². The van der Waals surface area contributed by atoms with Crippen molar-refractivity contribution >= 4 is 29.0 Å². The first kappa shape index (κ1) is 25.1. The number of fused-ring (bicyclic) bond motifs is 1. The largest absolute Gasteiger partial charge is 0.501 e. The van der Waals surface area contributed by atoms with Crippen molar-refractivity contribution in [3.63, 3.8) is 0 Å². The summed E-state index contributed by atoms with van der Waals surface area (Å²) < 4.78 is 6.89. The number of hydrogen-bond acceptors (Lipinski definition) is 10. The lowest BCUT2D eigenvalue weighted by Gasteiger charge is -2.25. The Morgan fingerprint density at radius 1 is 1.19 bits per heavy atom. The van der Waals surface area contributed by atoms with E-state index in [-0.39, 0.29) is 31.3 Å². The van der Waals surface area contributed by atoms with Gasteiger partial charge in [0.25, 0.3) is 11.5 Å². The number of nitrogen functional groups attached to an aromatic ring is 1. The summed E-state index contributed by atoms with van der Waals surface area (Å²) >= 11 is 0. The van der Waals surface area contributed by atoms with Crippen LogP contribution in [0, 0.1) is 0 Å². The Bertz CT molecular complexity index is 1500. The molecule has 192 valence electrons. The molecule has 14 nitrogen and oxygen atoms in total. The van der Waals surface area contributed by atoms with Crippen LogP contribution in [-0.2, 0) is 23.4 Å². The smallest absolute Gasteiger partial charge is 0.408 e. The second-order valence-electron chi connectivity index (χ2n) is 8.55.